The summed E-state index contributed by atoms with van der Waals surface area (Å²) in [4.78, 5) is 8.07. The minimum Gasteiger partial charge on any atom is -0.451 e. The van der Waals surface area contributed by atoms with Gasteiger partial charge in [0.25, 0.3) is 0 Å². The monoisotopic (exact) mass is 322 g/mol. The van der Waals surface area contributed by atoms with Crippen LogP contribution in [0.15, 0.2) is 34.1 Å². The van der Waals surface area contributed by atoms with Crippen LogP contribution >= 0.6 is 41.2 Å². The summed E-state index contributed by atoms with van der Waals surface area (Å²) in [6.07, 6.45) is 6.24. The van der Waals surface area contributed by atoms with Crippen LogP contribution in [0.2, 0.25) is 0 Å². The highest BCUT2D eigenvalue weighted by molar-refractivity contribution is 9.25. The first-order valence-electron chi connectivity index (χ1n) is 5.27. The highest BCUT2D eigenvalue weighted by atomic mass is 33.7. The molecule has 8 heteroatoms. The lowest BCUT2D eigenvalue weighted by molar-refractivity contribution is 0.556. The molecule has 18 heavy (non-hydrogen) atoms. The third-order valence-electron chi connectivity index (χ3n) is 1.50. The van der Waals surface area contributed by atoms with Crippen LogP contribution in [-0.4, -0.2) is 9.97 Å². The number of aromatic nitrogens is 2. The first-order chi connectivity index (χ1) is 8.95. The van der Waals surface area contributed by atoms with Gasteiger partial charge in [-0.15, -0.1) is 0 Å². The van der Waals surface area contributed by atoms with Crippen molar-refractivity contribution in [3.05, 3.63) is 36.7 Å². The average molecular weight is 323 g/mol. The molecule has 0 aliphatic carbocycles. The summed E-state index contributed by atoms with van der Waals surface area (Å²) in [7, 11) is 6.94. The SMILES string of the molecule is CC.c1nc(CSSSSCc2cocn2)co1. The molecule has 0 spiro atoms. The van der Waals surface area contributed by atoms with E-state index in [1.54, 1.807) is 53.8 Å². The van der Waals surface area contributed by atoms with Crippen molar-refractivity contribution in [1.29, 1.82) is 0 Å². The van der Waals surface area contributed by atoms with Gasteiger partial charge in [-0.3, -0.25) is 0 Å². The molecule has 0 radical (unpaired) electrons. The molecule has 0 saturated heterocycles. The van der Waals surface area contributed by atoms with Crippen LogP contribution < -0.4 is 0 Å². The molecule has 0 aromatic carbocycles. The fourth-order valence-corrected chi connectivity index (χ4v) is 6.47. The number of hydrogen-bond acceptors (Lipinski definition) is 8. The van der Waals surface area contributed by atoms with Gasteiger partial charge in [0.05, 0.1) is 22.9 Å². The fraction of sp³-hybridized carbons (Fsp3) is 0.400. The highest BCUT2D eigenvalue weighted by Gasteiger charge is 2.00. The fourth-order valence-electron chi connectivity index (χ4n) is 0.826. The van der Waals surface area contributed by atoms with Gasteiger partial charge in [0.1, 0.15) is 12.5 Å². The van der Waals surface area contributed by atoms with E-state index in [1.165, 1.54) is 12.8 Å². The van der Waals surface area contributed by atoms with Crippen molar-refractivity contribution >= 4 is 41.2 Å². The molecule has 0 saturated carbocycles. The third kappa shape index (κ3) is 6.67. The van der Waals surface area contributed by atoms with Crippen LogP contribution in [-0.2, 0) is 11.5 Å². The summed E-state index contributed by atoms with van der Waals surface area (Å²) < 4.78 is 9.75. The van der Waals surface area contributed by atoms with Crippen LogP contribution in [0.1, 0.15) is 25.2 Å². The second kappa shape index (κ2) is 10.7. The summed E-state index contributed by atoms with van der Waals surface area (Å²) in [5, 5.41) is 0. The Hall–Kier alpha value is -0.180. The Balaban J connectivity index is 0.000000771. The maximum absolute atomic E-state index is 4.88. The molecule has 2 heterocycles. The molecule has 2 aromatic heterocycles. The molecule has 0 bridgehead atoms. The van der Waals surface area contributed by atoms with Crippen molar-refractivity contribution in [3.63, 3.8) is 0 Å². The van der Waals surface area contributed by atoms with Crippen LogP contribution in [0.4, 0.5) is 0 Å². The molecule has 0 fully saturated rings. The molecule has 100 valence electrons. The van der Waals surface area contributed by atoms with Gasteiger partial charge >= 0.3 is 0 Å². The van der Waals surface area contributed by atoms with Crippen molar-refractivity contribution < 1.29 is 8.83 Å². The molecule has 0 amide bonds. The third-order valence-corrected chi connectivity index (χ3v) is 7.76. The van der Waals surface area contributed by atoms with Gasteiger partial charge in [0.2, 0.25) is 0 Å². The maximum Gasteiger partial charge on any atom is 0.180 e. The first-order valence-corrected chi connectivity index (χ1v) is 10.4. The largest absolute Gasteiger partial charge is 0.451 e. The number of nitrogens with zero attached hydrogens (tertiary/aromatic N) is 2. The van der Waals surface area contributed by atoms with E-state index in [0.717, 1.165) is 22.9 Å². The summed E-state index contributed by atoms with van der Waals surface area (Å²) in [6.45, 7) is 4.00. The van der Waals surface area contributed by atoms with E-state index in [2.05, 4.69) is 9.97 Å². The molecule has 2 aromatic rings. The number of rotatable bonds is 7. The van der Waals surface area contributed by atoms with E-state index < -0.39 is 0 Å². The van der Waals surface area contributed by atoms with Crippen LogP contribution in [0, 0.1) is 0 Å². The Labute approximate surface area is 122 Å². The Morgan fingerprint density at radius 3 is 1.67 bits per heavy atom. The highest BCUT2D eigenvalue weighted by Crippen LogP contribution is 2.45. The molecule has 0 aliphatic heterocycles. The summed E-state index contributed by atoms with van der Waals surface area (Å²) in [6, 6.07) is 0. The Morgan fingerprint density at radius 1 is 0.889 bits per heavy atom. The maximum atomic E-state index is 4.88. The molecular weight excluding hydrogens is 308 g/mol. The van der Waals surface area contributed by atoms with Gasteiger partial charge < -0.3 is 8.83 Å². The van der Waals surface area contributed by atoms with E-state index in [9.17, 15) is 0 Å². The van der Waals surface area contributed by atoms with E-state index in [0.29, 0.717) is 0 Å². The van der Waals surface area contributed by atoms with Crippen molar-refractivity contribution in [1.82, 2.24) is 9.97 Å². The smallest absolute Gasteiger partial charge is 0.180 e. The zero-order valence-corrected chi connectivity index (χ0v) is 13.3. The van der Waals surface area contributed by atoms with Gasteiger partial charge in [-0.05, 0) is 19.7 Å². The van der Waals surface area contributed by atoms with Gasteiger partial charge in [0.15, 0.2) is 12.8 Å². The normalized spacial score (nSPS) is 9.89. The zero-order valence-electron chi connectivity index (χ0n) is 10.1. The van der Waals surface area contributed by atoms with Gasteiger partial charge in [0, 0.05) is 0 Å². The average Bonchev–Trinajstić information content (AvgIpc) is 3.09. The van der Waals surface area contributed by atoms with Gasteiger partial charge in [-0.2, -0.15) is 0 Å². The number of hydrogen-bond donors (Lipinski definition) is 0. The van der Waals surface area contributed by atoms with E-state index in [-0.39, 0.29) is 0 Å². The van der Waals surface area contributed by atoms with Crippen molar-refractivity contribution in [2.75, 3.05) is 0 Å². The second-order valence-corrected chi connectivity index (χ2v) is 8.62. The van der Waals surface area contributed by atoms with E-state index in [4.69, 9.17) is 8.83 Å². The lowest BCUT2D eigenvalue weighted by Crippen LogP contribution is -1.75. The molecule has 0 N–H and O–H groups in total. The van der Waals surface area contributed by atoms with Crippen molar-refractivity contribution in [2.45, 2.75) is 25.4 Å². The number of oxazole rings is 2. The van der Waals surface area contributed by atoms with Crippen molar-refractivity contribution in [3.8, 4) is 0 Å². The van der Waals surface area contributed by atoms with E-state index >= 15 is 0 Å². The van der Waals surface area contributed by atoms with Crippen LogP contribution in [0.3, 0.4) is 0 Å². The quantitative estimate of drug-likeness (QED) is 0.517. The summed E-state index contributed by atoms with van der Waals surface area (Å²) in [5.41, 5.74) is 1.94. The minimum absolute atomic E-state index is 0.860. The van der Waals surface area contributed by atoms with Crippen LogP contribution in [0.5, 0.6) is 0 Å². The van der Waals surface area contributed by atoms with E-state index in [1.807, 2.05) is 13.8 Å². The molecule has 0 unspecified atom stereocenters. The Bertz CT molecular complexity index is 342. The Morgan fingerprint density at radius 2 is 1.33 bits per heavy atom. The molecular formula is C10H14N2O2S4. The zero-order chi connectivity index (χ0) is 13.1. The second-order valence-electron chi connectivity index (χ2n) is 2.62. The molecule has 2 rings (SSSR count). The topological polar surface area (TPSA) is 52.1 Å². The minimum atomic E-state index is 0.860. The lowest BCUT2D eigenvalue weighted by atomic mass is 10.6. The lowest BCUT2D eigenvalue weighted by Gasteiger charge is -1.96. The van der Waals surface area contributed by atoms with Crippen molar-refractivity contribution in [2.24, 2.45) is 0 Å². The van der Waals surface area contributed by atoms with Gasteiger partial charge in [-0.1, -0.05) is 35.4 Å². The molecule has 0 atom stereocenters. The summed E-state index contributed by atoms with van der Waals surface area (Å²) in [5.74, 6) is 1.72. The van der Waals surface area contributed by atoms with Gasteiger partial charge in [-0.25, -0.2) is 9.97 Å². The predicted octanol–water partition coefficient (Wildman–Crippen LogP) is 5.07. The molecule has 0 aliphatic rings. The predicted molar refractivity (Wildman–Crippen MR) is 82.1 cm³/mol. The first kappa shape index (κ1) is 15.9. The molecule has 4 nitrogen and oxygen atoms in total. The van der Waals surface area contributed by atoms with Crippen LogP contribution in [0.25, 0.3) is 0 Å². The standard InChI is InChI=1S/C8H8N2O2S4.C2H6/c1-7(9-5-11-1)3-13-15-16-14-4-8-2-12-6-10-8;1-2/h1-2,5-6H,3-4H2;1-2H3. The Kier molecular flexibility index (Phi) is 9.45. The summed E-state index contributed by atoms with van der Waals surface area (Å²) >= 11 is 0.